The maximum atomic E-state index is 11.6. The van der Waals surface area contributed by atoms with Crippen LogP contribution in [-0.4, -0.2) is 31.3 Å². The lowest BCUT2D eigenvalue weighted by Crippen LogP contribution is -2.17. The van der Waals surface area contributed by atoms with Crippen LogP contribution in [0.4, 0.5) is 5.95 Å². The molecule has 0 aromatic carbocycles. The van der Waals surface area contributed by atoms with Crippen molar-refractivity contribution >= 4 is 29.3 Å². The molecule has 0 spiro atoms. The summed E-state index contributed by atoms with van der Waals surface area (Å²) >= 11 is 7.32. The number of H-pyrrole nitrogens is 1. The standard InChI is InChI=1S/C11H15ClN6OS/c1-3-5-18-10(19)16-17-11(18)20-8-7(12)6-14-9(15-8)13-4-2/h6H,3-5H2,1-2H3,(H,16,19)(H,13,14,15). The summed E-state index contributed by atoms with van der Waals surface area (Å²) in [6.45, 7) is 5.27. The molecule has 0 unspecified atom stereocenters. The Morgan fingerprint density at radius 1 is 1.50 bits per heavy atom. The van der Waals surface area contributed by atoms with Crippen LogP contribution in [0.1, 0.15) is 20.3 Å². The third-order valence-electron chi connectivity index (χ3n) is 2.41. The number of hydrogen-bond acceptors (Lipinski definition) is 6. The lowest BCUT2D eigenvalue weighted by molar-refractivity contribution is 0.603. The van der Waals surface area contributed by atoms with Gasteiger partial charge < -0.3 is 5.32 Å². The first-order valence-electron chi connectivity index (χ1n) is 6.25. The van der Waals surface area contributed by atoms with Crippen LogP contribution in [0.25, 0.3) is 0 Å². The second-order valence-electron chi connectivity index (χ2n) is 3.94. The van der Waals surface area contributed by atoms with Crippen molar-refractivity contribution in [2.75, 3.05) is 11.9 Å². The van der Waals surface area contributed by atoms with E-state index in [0.717, 1.165) is 6.42 Å². The lowest BCUT2D eigenvalue weighted by atomic mass is 10.5. The van der Waals surface area contributed by atoms with Gasteiger partial charge in [0.25, 0.3) is 0 Å². The molecule has 0 aliphatic heterocycles. The maximum absolute atomic E-state index is 11.6. The minimum Gasteiger partial charge on any atom is -0.354 e. The number of rotatable bonds is 6. The zero-order chi connectivity index (χ0) is 14.5. The zero-order valence-corrected chi connectivity index (χ0v) is 12.8. The molecule has 0 aliphatic carbocycles. The van der Waals surface area contributed by atoms with Gasteiger partial charge in [-0.25, -0.2) is 19.9 Å². The molecular formula is C11H15ClN6OS. The summed E-state index contributed by atoms with van der Waals surface area (Å²) < 4.78 is 1.57. The van der Waals surface area contributed by atoms with Crippen molar-refractivity contribution in [2.45, 2.75) is 37.0 Å². The summed E-state index contributed by atoms with van der Waals surface area (Å²) in [6.07, 6.45) is 2.37. The molecule has 0 fully saturated rings. The molecule has 108 valence electrons. The van der Waals surface area contributed by atoms with E-state index in [1.807, 2.05) is 13.8 Å². The van der Waals surface area contributed by atoms with E-state index in [-0.39, 0.29) is 5.69 Å². The van der Waals surface area contributed by atoms with Gasteiger partial charge in [0, 0.05) is 13.1 Å². The molecule has 2 heterocycles. The molecule has 0 bridgehead atoms. The van der Waals surface area contributed by atoms with Crippen LogP contribution in [0.2, 0.25) is 5.02 Å². The number of hydrogen-bond donors (Lipinski definition) is 2. The molecule has 7 nitrogen and oxygen atoms in total. The maximum Gasteiger partial charge on any atom is 0.343 e. The summed E-state index contributed by atoms with van der Waals surface area (Å²) in [5, 5.41) is 11.0. The average molecular weight is 315 g/mol. The van der Waals surface area contributed by atoms with Gasteiger partial charge in [-0.05, 0) is 25.1 Å². The van der Waals surface area contributed by atoms with Gasteiger partial charge in [-0.3, -0.25) is 4.57 Å². The number of aromatic amines is 1. The van der Waals surface area contributed by atoms with Crippen LogP contribution in [0, 0.1) is 0 Å². The Kier molecular flexibility index (Phi) is 5.02. The molecule has 0 aliphatic rings. The summed E-state index contributed by atoms with van der Waals surface area (Å²) in [6, 6.07) is 0. The van der Waals surface area contributed by atoms with Crippen molar-refractivity contribution in [1.82, 2.24) is 24.7 Å². The first kappa shape index (κ1) is 14.9. The molecule has 0 radical (unpaired) electrons. The quantitative estimate of drug-likeness (QED) is 0.793. The number of nitrogens with zero attached hydrogens (tertiary/aromatic N) is 4. The molecule has 2 N–H and O–H groups in total. The van der Waals surface area contributed by atoms with Crippen LogP contribution in [-0.2, 0) is 6.54 Å². The van der Waals surface area contributed by atoms with Gasteiger partial charge in [0.1, 0.15) is 5.03 Å². The number of anilines is 1. The first-order chi connectivity index (χ1) is 9.65. The van der Waals surface area contributed by atoms with Crippen molar-refractivity contribution in [3.05, 3.63) is 21.7 Å². The van der Waals surface area contributed by atoms with Crippen LogP contribution in [0.5, 0.6) is 0 Å². The van der Waals surface area contributed by atoms with E-state index in [2.05, 4.69) is 25.5 Å². The Morgan fingerprint density at radius 3 is 3.00 bits per heavy atom. The predicted octanol–water partition coefficient (Wildman–Crippen LogP) is 2.01. The summed E-state index contributed by atoms with van der Waals surface area (Å²) in [4.78, 5) is 20.0. The van der Waals surface area contributed by atoms with E-state index in [1.54, 1.807) is 4.57 Å². The number of halogens is 1. The van der Waals surface area contributed by atoms with Gasteiger partial charge in [0.15, 0.2) is 5.16 Å². The van der Waals surface area contributed by atoms with Gasteiger partial charge in [0.2, 0.25) is 5.95 Å². The molecule has 0 atom stereocenters. The van der Waals surface area contributed by atoms with E-state index in [4.69, 9.17) is 11.6 Å². The Balaban J connectivity index is 2.29. The van der Waals surface area contributed by atoms with E-state index in [1.165, 1.54) is 18.0 Å². The highest BCUT2D eigenvalue weighted by molar-refractivity contribution is 7.99. The van der Waals surface area contributed by atoms with Crippen molar-refractivity contribution < 1.29 is 0 Å². The van der Waals surface area contributed by atoms with Crippen molar-refractivity contribution in [1.29, 1.82) is 0 Å². The van der Waals surface area contributed by atoms with Crippen LogP contribution < -0.4 is 11.0 Å². The fraction of sp³-hybridized carbons (Fsp3) is 0.455. The Morgan fingerprint density at radius 2 is 2.30 bits per heavy atom. The summed E-state index contributed by atoms with van der Waals surface area (Å²) in [5.41, 5.74) is -0.230. The molecule has 2 aromatic heterocycles. The highest BCUT2D eigenvalue weighted by atomic mass is 35.5. The largest absolute Gasteiger partial charge is 0.354 e. The Bertz CT molecular complexity index is 640. The highest BCUT2D eigenvalue weighted by Gasteiger charge is 2.13. The highest BCUT2D eigenvalue weighted by Crippen LogP contribution is 2.30. The fourth-order valence-corrected chi connectivity index (χ4v) is 2.59. The van der Waals surface area contributed by atoms with Gasteiger partial charge >= 0.3 is 5.69 Å². The lowest BCUT2D eigenvalue weighted by Gasteiger charge is -2.06. The van der Waals surface area contributed by atoms with E-state index < -0.39 is 0 Å². The number of nitrogens with one attached hydrogen (secondary N) is 2. The topological polar surface area (TPSA) is 88.5 Å². The average Bonchev–Trinajstić information content (AvgIpc) is 2.76. The monoisotopic (exact) mass is 314 g/mol. The van der Waals surface area contributed by atoms with E-state index >= 15 is 0 Å². The molecule has 2 rings (SSSR count). The molecule has 20 heavy (non-hydrogen) atoms. The number of aromatic nitrogens is 5. The molecule has 9 heteroatoms. The molecule has 2 aromatic rings. The Labute approximate surface area is 125 Å². The van der Waals surface area contributed by atoms with Gasteiger partial charge in [-0.2, -0.15) is 0 Å². The minimum atomic E-state index is -0.230. The van der Waals surface area contributed by atoms with Crippen LogP contribution >= 0.6 is 23.4 Å². The second-order valence-corrected chi connectivity index (χ2v) is 5.31. The first-order valence-corrected chi connectivity index (χ1v) is 7.44. The van der Waals surface area contributed by atoms with E-state index in [9.17, 15) is 4.79 Å². The van der Waals surface area contributed by atoms with Gasteiger partial charge in [0.05, 0.1) is 11.2 Å². The molecule has 0 saturated carbocycles. The smallest absolute Gasteiger partial charge is 0.343 e. The predicted molar refractivity (Wildman–Crippen MR) is 78.5 cm³/mol. The molecular weight excluding hydrogens is 300 g/mol. The summed E-state index contributed by atoms with van der Waals surface area (Å²) in [7, 11) is 0. The third-order valence-corrected chi connectivity index (χ3v) is 3.79. The van der Waals surface area contributed by atoms with Crippen molar-refractivity contribution in [3.8, 4) is 0 Å². The van der Waals surface area contributed by atoms with Gasteiger partial charge in [-0.15, -0.1) is 5.10 Å². The third kappa shape index (κ3) is 3.31. The normalized spacial score (nSPS) is 10.8. The van der Waals surface area contributed by atoms with Crippen LogP contribution in [0.3, 0.4) is 0 Å². The van der Waals surface area contributed by atoms with Gasteiger partial charge in [-0.1, -0.05) is 18.5 Å². The van der Waals surface area contributed by atoms with E-state index in [0.29, 0.717) is 34.2 Å². The molecule has 0 amide bonds. The fourth-order valence-electron chi connectivity index (χ4n) is 1.55. The summed E-state index contributed by atoms with van der Waals surface area (Å²) in [5.74, 6) is 0.499. The second kappa shape index (κ2) is 6.76. The van der Waals surface area contributed by atoms with Crippen molar-refractivity contribution in [3.63, 3.8) is 0 Å². The SMILES string of the molecule is CCCn1c(Sc2nc(NCC)ncc2Cl)n[nH]c1=O. The Hall–Kier alpha value is -1.54. The zero-order valence-electron chi connectivity index (χ0n) is 11.2. The molecule has 0 saturated heterocycles. The van der Waals surface area contributed by atoms with Crippen molar-refractivity contribution in [2.24, 2.45) is 0 Å². The van der Waals surface area contributed by atoms with Crippen LogP contribution in [0.15, 0.2) is 21.2 Å². The minimum absolute atomic E-state index is 0.230.